The van der Waals surface area contributed by atoms with Crippen molar-refractivity contribution in [3.63, 3.8) is 0 Å². The van der Waals surface area contributed by atoms with Crippen molar-refractivity contribution < 1.29 is 13.9 Å². The fourth-order valence-electron chi connectivity index (χ4n) is 2.26. The first kappa shape index (κ1) is 22.8. The van der Waals surface area contributed by atoms with Crippen LogP contribution in [0, 0.1) is 6.92 Å². The monoisotopic (exact) mass is 486 g/mol. The normalized spacial score (nSPS) is 10.7. The van der Waals surface area contributed by atoms with Crippen molar-refractivity contribution >= 4 is 35.8 Å². The van der Waals surface area contributed by atoms with E-state index in [0.717, 1.165) is 17.7 Å². The van der Waals surface area contributed by atoms with E-state index in [1.54, 1.807) is 13.1 Å². The topological polar surface area (TPSA) is 87.9 Å². The molecule has 0 unspecified atom stereocenters. The van der Waals surface area contributed by atoms with E-state index in [9.17, 15) is 4.79 Å². The van der Waals surface area contributed by atoms with Crippen molar-refractivity contribution in [1.82, 2.24) is 16.0 Å². The zero-order valence-corrected chi connectivity index (χ0v) is 18.0. The molecule has 7 nitrogen and oxygen atoms in total. The molecule has 1 heterocycles. The number of benzene rings is 1. The first-order valence-electron chi connectivity index (χ1n) is 8.65. The summed E-state index contributed by atoms with van der Waals surface area (Å²) < 4.78 is 10.8. The summed E-state index contributed by atoms with van der Waals surface area (Å²) in [5, 5.41) is 9.21. The molecule has 1 aromatic heterocycles. The quantitative estimate of drug-likeness (QED) is 0.220. The zero-order valence-electron chi connectivity index (χ0n) is 15.7. The average molecular weight is 486 g/mol. The SMILES string of the molecule is CN=C(NCCCNC(=O)c1occc1C)NCCOc1ccccc1.I. The Kier molecular flexibility index (Phi) is 11.0. The number of rotatable bonds is 9. The lowest BCUT2D eigenvalue weighted by atomic mass is 10.2. The highest BCUT2D eigenvalue weighted by Gasteiger charge is 2.11. The standard InChI is InChI=1S/C19H26N4O3.HI/c1-15-9-13-26-17(15)18(24)21-10-6-11-22-19(20-2)23-12-14-25-16-7-4-3-5-8-16;/h3-5,7-9,13H,6,10-12,14H2,1-2H3,(H,21,24)(H2,20,22,23);1H. The second kappa shape index (κ2) is 13.0. The average Bonchev–Trinajstić information content (AvgIpc) is 3.10. The highest BCUT2D eigenvalue weighted by Crippen LogP contribution is 2.08. The summed E-state index contributed by atoms with van der Waals surface area (Å²) >= 11 is 0. The number of hydrogen-bond acceptors (Lipinski definition) is 4. The van der Waals surface area contributed by atoms with Gasteiger partial charge in [-0.15, -0.1) is 24.0 Å². The summed E-state index contributed by atoms with van der Waals surface area (Å²) in [6.45, 7) is 4.28. The maximum Gasteiger partial charge on any atom is 0.287 e. The van der Waals surface area contributed by atoms with Crippen LogP contribution in [0.4, 0.5) is 0 Å². The number of furan rings is 1. The van der Waals surface area contributed by atoms with Gasteiger partial charge in [0, 0.05) is 25.7 Å². The third kappa shape index (κ3) is 8.33. The molecule has 0 spiro atoms. The van der Waals surface area contributed by atoms with E-state index in [1.165, 1.54) is 6.26 Å². The van der Waals surface area contributed by atoms with Crippen LogP contribution in [-0.4, -0.2) is 45.2 Å². The van der Waals surface area contributed by atoms with Crippen LogP contribution in [0.2, 0.25) is 0 Å². The Morgan fingerprint density at radius 3 is 2.44 bits per heavy atom. The number of para-hydroxylation sites is 1. The van der Waals surface area contributed by atoms with Crippen molar-refractivity contribution in [3.05, 3.63) is 54.0 Å². The van der Waals surface area contributed by atoms with Crippen LogP contribution >= 0.6 is 24.0 Å². The van der Waals surface area contributed by atoms with Gasteiger partial charge >= 0.3 is 0 Å². The van der Waals surface area contributed by atoms with Gasteiger partial charge in [-0.3, -0.25) is 9.79 Å². The molecule has 0 saturated heterocycles. The fourth-order valence-corrected chi connectivity index (χ4v) is 2.26. The molecule has 0 saturated carbocycles. The predicted octanol–water partition coefficient (Wildman–Crippen LogP) is 2.57. The van der Waals surface area contributed by atoms with Crippen LogP contribution in [-0.2, 0) is 0 Å². The van der Waals surface area contributed by atoms with Gasteiger partial charge in [0.25, 0.3) is 5.91 Å². The van der Waals surface area contributed by atoms with Gasteiger partial charge in [-0.25, -0.2) is 0 Å². The molecule has 0 aliphatic carbocycles. The van der Waals surface area contributed by atoms with Gasteiger partial charge in [-0.05, 0) is 31.5 Å². The Hall–Kier alpha value is -2.23. The van der Waals surface area contributed by atoms with E-state index in [4.69, 9.17) is 9.15 Å². The van der Waals surface area contributed by atoms with E-state index in [1.807, 2.05) is 37.3 Å². The number of nitrogens with zero attached hydrogens (tertiary/aromatic N) is 1. The van der Waals surface area contributed by atoms with Gasteiger partial charge in [0.2, 0.25) is 0 Å². The minimum atomic E-state index is -0.187. The molecule has 3 N–H and O–H groups in total. The van der Waals surface area contributed by atoms with Gasteiger partial charge in [-0.1, -0.05) is 18.2 Å². The number of halogens is 1. The van der Waals surface area contributed by atoms with Crippen LogP contribution in [0.1, 0.15) is 22.5 Å². The Morgan fingerprint density at radius 2 is 1.78 bits per heavy atom. The first-order valence-corrected chi connectivity index (χ1v) is 8.65. The molecule has 8 heteroatoms. The van der Waals surface area contributed by atoms with Crippen molar-refractivity contribution in [2.75, 3.05) is 33.3 Å². The number of hydrogen-bond donors (Lipinski definition) is 3. The van der Waals surface area contributed by atoms with Crippen molar-refractivity contribution in [3.8, 4) is 5.75 Å². The van der Waals surface area contributed by atoms with Gasteiger partial charge in [0.05, 0.1) is 12.8 Å². The summed E-state index contributed by atoms with van der Waals surface area (Å²) in [7, 11) is 1.72. The molecule has 0 atom stereocenters. The number of carbonyl (C=O) groups is 1. The Morgan fingerprint density at radius 1 is 1.07 bits per heavy atom. The van der Waals surface area contributed by atoms with Crippen molar-refractivity contribution in [2.45, 2.75) is 13.3 Å². The second-order valence-corrected chi connectivity index (χ2v) is 5.63. The Balaban J connectivity index is 0.00000364. The van der Waals surface area contributed by atoms with E-state index < -0.39 is 0 Å². The molecule has 1 aromatic carbocycles. The molecule has 2 rings (SSSR count). The summed E-state index contributed by atoms with van der Waals surface area (Å²) in [4.78, 5) is 16.1. The minimum Gasteiger partial charge on any atom is -0.492 e. The summed E-state index contributed by atoms with van der Waals surface area (Å²) in [6, 6.07) is 11.4. The number of carbonyl (C=O) groups excluding carboxylic acids is 1. The van der Waals surface area contributed by atoms with E-state index in [0.29, 0.717) is 38.0 Å². The van der Waals surface area contributed by atoms with Crippen LogP contribution in [0.25, 0.3) is 0 Å². The molecule has 148 valence electrons. The van der Waals surface area contributed by atoms with Gasteiger partial charge in [-0.2, -0.15) is 0 Å². The number of aryl methyl sites for hydroxylation is 1. The van der Waals surface area contributed by atoms with Crippen LogP contribution in [0.15, 0.2) is 52.1 Å². The molecule has 0 fully saturated rings. The lowest BCUT2D eigenvalue weighted by Gasteiger charge is -2.12. The van der Waals surface area contributed by atoms with Gasteiger partial charge in [0.15, 0.2) is 11.7 Å². The molecule has 0 aliphatic rings. The largest absolute Gasteiger partial charge is 0.492 e. The Labute approximate surface area is 177 Å². The third-order valence-electron chi connectivity index (χ3n) is 3.63. The maximum atomic E-state index is 11.9. The summed E-state index contributed by atoms with van der Waals surface area (Å²) in [5.74, 6) is 1.73. The molecule has 0 radical (unpaired) electrons. The fraction of sp³-hybridized carbons (Fsp3) is 0.368. The van der Waals surface area contributed by atoms with Crippen molar-refractivity contribution in [1.29, 1.82) is 0 Å². The van der Waals surface area contributed by atoms with E-state index in [2.05, 4.69) is 20.9 Å². The van der Waals surface area contributed by atoms with Gasteiger partial charge in [0.1, 0.15) is 12.4 Å². The second-order valence-electron chi connectivity index (χ2n) is 5.63. The minimum absolute atomic E-state index is 0. The smallest absolute Gasteiger partial charge is 0.287 e. The zero-order chi connectivity index (χ0) is 18.6. The Bertz CT molecular complexity index is 704. The summed E-state index contributed by atoms with van der Waals surface area (Å²) in [6.07, 6.45) is 2.29. The predicted molar refractivity (Wildman–Crippen MR) is 117 cm³/mol. The van der Waals surface area contributed by atoms with Gasteiger partial charge < -0.3 is 25.1 Å². The molecule has 0 bridgehead atoms. The number of amides is 1. The number of ether oxygens (including phenoxy) is 1. The highest BCUT2D eigenvalue weighted by molar-refractivity contribution is 14.0. The first-order chi connectivity index (χ1) is 12.7. The number of guanidine groups is 1. The van der Waals surface area contributed by atoms with E-state index >= 15 is 0 Å². The number of nitrogens with one attached hydrogen (secondary N) is 3. The molecule has 1 amide bonds. The van der Waals surface area contributed by atoms with Crippen LogP contribution < -0.4 is 20.7 Å². The molecular weight excluding hydrogens is 459 g/mol. The van der Waals surface area contributed by atoms with E-state index in [-0.39, 0.29) is 29.9 Å². The van der Waals surface area contributed by atoms with Crippen molar-refractivity contribution in [2.24, 2.45) is 4.99 Å². The van der Waals surface area contributed by atoms with Crippen LogP contribution in [0.5, 0.6) is 5.75 Å². The molecule has 27 heavy (non-hydrogen) atoms. The lowest BCUT2D eigenvalue weighted by molar-refractivity contribution is 0.0925. The maximum absolute atomic E-state index is 11.9. The third-order valence-corrected chi connectivity index (χ3v) is 3.63. The summed E-state index contributed by atoms with van der Waals surface area (Å²) in [5.41, 5.74) is 0.836. The van der Waals surface area contributed by atoms with Crippen LogP contribution in [0.3, 0.4) is 0 Å². The highest BCUT2D eigenvalue weighted by atomic mass is 127. The molecule has 2 aromatic rings. The molecule has 0 aliphatic heterocycles. The molecular formula is C19H27IN4O3. The lowest BCUT2D eigenvalue weighted by Crippen LogP contribution is -2.40. The number of aliphatic imine (C=N–C) groups is 1.